The molecule has 5 nitrogen and oxygen atoms in total. The van der Waals surface area contributed by atoms with Gasteiger partial charge in [0.2, 0.25) is 0 Å². The third-order valence-corrected chi connectivity index (χ3v) is 10.1. The lowest BCUT2D eigenvalue weighted by Crippen LogP contribution is -2.54. The quantitative estimate of drug-likeness (QED) is 0.698. The molecule has 2 saturated heterocycles. The summed E-state index contributed by atoms with van der Waals surface area (Å²) in [4.78, 5) is 17.6. The first-order chi connectivity index (χ1) is 16.0. The van der Waals surface area contributed by atoms with E-state index in [2.05, 4.69) is 24.0 Å². The van der Waals surface area contributed by atoms with E-state index in [-0.39, 0.29) is 17.6 Å². The van der Waals surface area contributed by atoms with Gasteiger partial charge >= 0.3 is 6.09 Å². The SMILES string of the molecule is C[C@@]12CCCC[C@H]3CC3(Cc3ccc(OC(=O)N4CCC(N5CCCCC5)CC4)cc31)[C@@H]2N. The third-order valence-electron chi connectivity index (χ3n) is 10.1. The molecule has 2 heterocycles. The number of benzene rings is 1. The molecule has 0 aromatic heterocycles. The zero-order chi connectivity index (χ0) is 22.6. The number of nitrogens with two attached hydrogens (primary N) is 1. The number of amides is 1. The second-order valence-electron chi connectivity index (χ2n) is 12.0. The van der Waals surface area contributed by atoms with E-state index in [9.17, 15) is 4.79 Å². The lowest BCUT2D eigenvalue weighted by molar-refractivity contribution is 0.0877. The number of hydrogen-bond donors (Lipinski definition) is 1. The number of rotatable bonds is 2. The largest absolute Gasteiger partial charge is 0.415 e. The normalized spacial score (nSPS) is 36.8. The fourth-order valence-corrected chi connectivity index (χ4v) is 7.99. The molecule has 2 saturated carbocycles. The van der Waals surface area contributed by atoms with E-state index in [1.807, 2.05) is 11.0 Å². The number of hydrogen-bond acceptors (Lipinski definition) is 4. The maximum atomic E-state index is 13.0. The lowest BCUT2D eigenvalue weighted by Gasteiger charge is -2.48. The summed E-state index contributed by atoms with van der Waals surface area (Å²) >= 11 is 0. The minimum atomic E-state index is -0.186. The molecule has 1 amide bonds. The number of carbonyl (C=O) groups is 1. The summed E-state index contributed by atoms with van der Waals surface area (Å²) in [5, 5.41) is 0. The van der Waals surface area contributed by atoms with Gasteiger partial charge in [-0.2, -0.15) is 0 Å². The molecule has 4 atom stereocenters. The number of piperidine rings is 2. The molecule has 0 radical (unpaired) electrons. The molecule has 5 aliphatic rings. The summed E-state index contributed by atoms with van der Waals surface area (Å²) in [6.45, 7) is 6.43. The number of carbonyl (C=O) groups excluding carboxylic acids is 1. The van der Waals surface area contributed by atoms with Gasteiger partial charge in [-0.1, -0.05) is 32.3 Å². The molecule has 2 N–H and O–H groups in total. The van der Waals surface area contributed by atoms with Gasteiger partial charge in [0.15, 0.2) is 0 Å². The van der Waals surface area contributed by atoms with Crippen molar-refractivity contribution in [2.24, 2.45) is 17.1 Å². The highest BCUT2D eigenvalue weighted by atomic mass is 16.6. The van der Waals surface area contributed by atoms with Crippen LogP contribution in [-0.2, 0) is 11.8 Å². The molecule has 2 aliphatic heterocycles. The van der Waals surface area contributed by atoms with E-state index in [0.29, 0.717) is 17.2 Å². The highest BCUT2D eigenvalue weighted by Gasteiger charge is 2.64. The van der Waals surface area contributed by atoms with Crippen molar-refractivity contribution >= 4 is 6.09 Å². The fraction of sp³-hybridized carbons (Fsp3) is 0.750. The van der Waals surface area contributed by atoms with Crippen molar-refractivity contribution in [1.29, 1.82) is 0 Å². The summed E-state index contributed by atoms with van der Waals surface area (Å²) in [5.41, 5.74) is 10.1. The average molecular weight is 452 g/mol. The van der Waals surface area contributed by atoms with Crippen molar-refractivity contribution in [3.63, 3.8) is 0 Å². The van der Waals surface area contributed by atoms with Crippen LogP contribution < -0.4 is 10.5 Å². The molecule has 1 unspecified atom stereocenters. The molecular weight excluding hydrogens is 410 g/mol. The molecule has 5 heteroatoms. The molecule has 6 rings (SSSR count). The Hall–Kier alpha value is -1.59. The maximum absolute atomic E-state index is 13.0. The van der Waals surface area contributed by atoms with Gasteiger partial charge in [0.1, 0.15) is 5.75 Å². The molecule has 1 aromatic carbocycles. The molecule has 2 bridgehead atoms. The summed E-state index contributed by atoms with van der Waals surface area (Å²) in [7, 11) is 0. The van der Waals surface area contributed by atoms with E-state index in [0.717, 1.165) is 44.7 Å². The van der Waals surface area contributed by atoms with Crippen LogP contribution in [0.4, 0.5) is 4.79 Å². The van der Waals surface area contributed by atoms with E-state index in [1.54, 1.807) is 0 Å². The van der Waals surface area contributed by atoms with Gasteiger partial charge in [-0.3, -0.25) is 0 Å². The van der Waals surface area contributed by atoms with Gasteiger partial charge in [0, 0.05) is 30.6 Å². The van der Waals surface area contributed by atoms with Gasteiger partial charge in [-0.15, -0.1) is 0 Å². The maximum Gasteiger partial charge on any atom is 0.415 e. The summed E-state index contributed by atoms with van der Waals surface area (Å²) in [5.74, 6) is 1.50. The number of likely N-dealkylation sites (tertiary alicyclic amines) is 2. The Kier molecular flexibility index (Phi) is 5.49. The van der Waals surface area contributed by atoms with Crippen molar-refractivity contribution in [3.8, 4) is 5.75 Å². The summed E-state index contributed by atoms with van der Waals surface area (Å²) in [6, 6.07) is 7.24. The van der Waals surface area contributed by atoms with Crippen LogP contribution in [0.1, 0.15) is 82.3 Å². The third kappa shape index (κ3) is 3.70. The van der Waals surface area contributed by atoms with Gasteiger partial charge < -0.3 is 20.3 Å². The Morgan fingerprint density at radius 3 is 2.61 bits per heavy atom. The highest BCUT2D eigenvalue weighted by Crippen LogP contribution is 2.66. The second kappa shape index (κ2) is 8.27. The van der Waals surface area contributed by atoms with Crippen LogP contribution in [0.15, 0.2) is 18.2 Å². The van der Waals surface area contributed by atoms with E-state index in [1.165, 1.54) is 69.2 Å². The van der Waals surface area contributed by atoms with Crippen LogP contribution in [0.25, 0.3) is 0 Å². The summed E-state index contributed by atoms with van der Waals surface area (Å²) < 4.78 is 5.94. The fourth-order valence-electron chi connectivity index (χ4n) is 7.99. The van der Waals surface area contributed by atoms with E-state index >= 15 is 0 Å². The molecular formula is C28H41N3O2. The molecule has 1 aromatic rings. The lowest BCUT2D eigenvalue weighted by atomic mass is 9.59. The zero-order valence-electron chi connectivity index (χ0n) is 20.4. The first kappa shape index (κ1) is 21.9. The molecule has 1 spiro atoms. The standard InChI is InChI=1S/C28H41N3O2/c1-27-12-4-3-7-21-19-28(21,25(27)29)18-20-8-9-23(17-24(20)27)33-26(32)31-15-10-22(11-16-31)30-13-5-2-6-14-30/h8-9,17,21-22,25H,2-7,10-16,18-19,29H2,1H3/t21-,25+,27+,28?/m0/s1. The monoisotopic (exact) mass is 451 g/mol. The van der Waals surface area contributed by atoms with Crippen LogP contribution in [0.5, 0.6) is 5.75 Å². The first-order valence-corrected chi connectivity index (χ1v) is 13.6. The number of nitrogens with zero attached hydrogens (tertiary/aromatic N) is 2. The van der Waals surface area contributed by atoms with Gasteiger partial charge in [0.25, 0.3) is 0 Å². The van der Waals surface area contributed by atoms with Crippen LogP contribution in [0.3, 0.4) is 0 Å². The van der Waals surface area contributed by atoms with Crippen molar-refractivity contribution in [1.82, 2.24) is 9.80 Å². The van der Waals surface area contributed by atoms with Crippen LogP contribution >= 0.6 is 0 Å². The smallest absolute Gasteiger partial charge is 0.410 e. The van der Waals surface area contributed by atoms with Crippen LogP contribution in [0, 0.1) is 11.3 Å². The molecule has 180 valence electrons. The average Bonchev–Trinajstić information content (AvgIpc) is 3.54. The van der Waals surface area contributed by atoms with Gasteiger partial charge in [-0.25, -0.2) is 4.79 Å². The van der Waals surface area contributed by atoms with Crippen molar-refractivity contribution in [2.45, 2.75) is 95.1 Å². The van der Waals surface area contributed by atoms with Gasteiger partial charge in [0.05, 0.1) is 0 Å². The van der Waals surface area contributed by atoms with Crippen molar-refractivity contribution < 1.29 is 9.53 Å². The first-order valence-electron chi connectivity index (χ1n) is 13.6. The van der Waals surface area contributed by atoms with E-state index in [4.69, 9.17) is 10.5 Å². The predicted molar refractivity (Wildman–Crippen MR) is 131 cm³/mol. The Morgan fingerprint density at radius 1 is 1.03 bits per heavy atom. The van der Waals surface area contributed by atoms with E-state index < -0.39 is 0 Å². The second-order valence-corrected chi connectivity index (χ2v) is 12.0. The minimum absolute atomic E-state index is 0.0159. The molecule has 4 fully saturated rings. The summed E-state index contributed by atoms with van der Waals surface area (Å²) in [6.07, 6.45) is 13.4. The van der Waals surface area contributed by atoms with Crippen LogP contribution in [-0.4, -0.2) is 54.2 Å². The topological polar surface area (TPSA) is 58.8 Å². The van der Waals surface area contributed by atoms with Gasteiger partial charge in [-0.05, 0) is 99.0 Å². The highest BCUT2D eigenvalue weighted by molar-refractivity contribution is 5.71. The number of ether oxygens (including phenoxy) is 1. The van der Waals surface area contributed by atoms with Crippen molar-refractivity contribution in [2.75, 3.05) is 26.2 Å². The Bertz CT molecular complexity index is 904. The number of fused-ring (bicyclic) bond motifs is 3. The van der Waals surface area contributed by atoms with Crippen molar-refractivity contribution in [3.05, 3.63) is 29.3 Å². The minimum Gasteiger partial charge on any atom is -0.410 e. The predicted octanol–water partition coefficient (Wildman–Crippen LogP) is 4.86. The Balaban J connectivity index is 1.14. The van der Waals surface area contributed by atoms with Crippen LogP contribution in [0.2, 0.25) is 0 Å². The molecule has 3 aliphatic carbocycles. The molecule has 33 heavy (non-hydrogen) atoms. The zero-order valence-corrected chi connectivity index (χ0v) is 20.4. The Labute approximate surface area is 199 Å². The Morgan fingerprint density at radius 2 is 1.82 bits per heavy atom.